The van der Waals surface area contributed by atoms with E-state index in [1.807, 2.05) is 41.3 Å². The number of hydrogen-bond acceptors (Lipinski definition) is 3. The van der Waals surface area contributed by atoms with Crippen molar-refractivity contribution in [3.8, 4) is 0 Å². The van der Waals surface area contributed by atoms with Gasteiger partial charge in [0, 0.05) is 5.69 Å². The van der Waals surface area contributed by atoms with Gasteiger partial charge in [0.2, 0.25) is 0 Å². The number of para-hydroxylation sites is 2. The van der Waals surface area contributed by atoms with E-state index < -0.39 is 5.97 Å². The van der Waals surface area contributed by atoms with Crippen molar-refractivity contribution >= 4 is 51.3 Å². The Morgan fingerprint density at radius 2 is 1.75 bits per heavy atom. The van der Waals surface area contributed by atoms with Gasteiger partial charge < -0.3 is 10.0 Å². The summed E-state index contributed by atoms with van der Waals surface area (Å²) in [6, 6.07) is 15.9. The first-order valence-corrected chi connectivity index (χ1v) is 8.98. The Kier molecular flexibility index (Phi) is 4.38. The predicted molar refractivity (Wildman–Crippen MR) is 106 cm³/mol. The Morgan fingerprint density at radius 1 is 1.12 bits per heavy atom. The summed E-state index contributed by atoms with van der Waals surface area (Å²) in [5.74, 6) is -0.986. The van der Waals surface area contributed by atoms with E-state index in [9.17, 15) is 9.90 Å². The summed E-state index contributed by atoms with van der Waals surface area (Å²) in [5.41, 5.74) is 4.04. The Hall–Kier alpha value is -1.89. The molecule has 0 spiro atoms. The molecule has 0 saturated heterocycles. The number of fused-ring (bicyclic) bond motifs is 1. The van der Waals surface area contributed by atoms with Crippen LogP contribution in [0.15, 0.2) is 53.5 Å². The largest absolute Gasteiger partial charge is 0.477 e. The average molecular weight is 434 g/mol. The summed E-state index contributed by atoms with van der Waals surface area (Å²) in [4.78, 5) is 17.9. The number of carboxylic acid groups (broad SMARTS) is 1. The monoisotopic (exact) mass is 434 g/mol. The molecule has 0 bridgehead atoms. The number of hydrogen-bond donors (Lipinski definition) is 1. The van der Waals surface area contributed by atoms with Crippen LogP contribution in [-0.2, 0) is 10.2 Å². The molecule has 1 heterocycles. The fourth-order valence-electron chi connectivity index (χ4n) is 2.73. The van der Waals surface area contributed by atoms with Crippen LogP contribution in [0.25, 0.3) is 0 Å². The first-order valence-electron chi connectivity index (χ1n) is 7.74. The third-order valence-electron chi connectivity index (χ3n) is 4.07. The number of aliphatic carboxylic acids is 1. The number of benzene rings is 2. The van der Waals surface area contributed by atoms with Crippen molar-refractivity contribution in [3.63, 3.8) is 0 Å². The van der Waals surface area contributed by atoms with Gasteiger partial charge in [-0.25, -0.2) is 9.79 Å². The number of aliphatic imine (C=N–C) groups is 1. The third-order valence-corrected chi connectivity index (χ3v) is 5.21. The van der Waals surface area contributed by atoms with E-state index in [-0.39, 0.29) is 15.2 Å². The Bertz CT molecular complexity index is 807. The van der Waals surface area contributed by atoms with Gasteiger partial charge in [0.1, 0.15) is 4.05 Å². The van der Waals surface area contributed by atoms with E-state index in [4.69, 9.17) is 0 Å². The molecule has 0 saturated carbocycles. The number of carbonyl (C=O) groups is 1. The Labute approximate surface area is 155 Å². The molecule has 24 heavy (non-hydrogen) atoms. The summed E-state index contributed by atoms with van der Waals surface area (Å²) in [7, 11) is 0. The van der Waals surface area contributed by atoms with Crippen molar-refractivity contribution in [1.29, 1.82) is 0 Å². The maximum Gasteiger partial charge on any atom is 0.353 e. The van der Waals surface area contributed by atoms with Crippen LogP contribution in [0.5, 0.6) is 0 Å². The first kappa shape index (κ1) is 17.0. The molecule has 1 atom stereocenters. The maximum atomic E-state index is 11.6. The Balaban J connectivity index is 2.09. The van der Waals surface area contributed by atoms with E-state index in [1.54, 1.807) is 0 Å². The molecular weight excluding hydrogens is 415 g/mol. The zero-order chi connectivity index (χ0) is 17.5. The van der Waals surface area contributed by atoms with Gasteiger partial charge in [-0.05, 0) is 35.2 Å². The maximum absolute atomic E-state index is 11.6. The predicted octanol–water partition coefficient (Wildman–Crippen LogP) is 5.05. The second-order valence-corrected chi connectivity index (χ2v) is 7.97. The molecule has 4 nitrogen and oxygen atoms in total. The standard InChI is InChI=1S/C19H19IN2O2/c1-19(2,3)12-8-10-13(11-9-12)22-15-7-5-4-6-14(15)21-16(17(22)20)18(23)24/h4-11,17H,1-3H3,(H,23,24). The molecule has 3 rings (SSSR count). The lowest BCUT2D eigenvalue weighted by Gasteiger charge is -2.34. The van der Waals surface area contributed by atoms with Gasteiger partial charge in [0.15, 0.2) is 5.71 Å². The van der Waals surface area contributed by atoms with Gasteiger partial charge in [-0.2, -0.15) is 0 Å². The molecule has 0 amide bonds. The highest BCUT2D eigenvalue weighted by atomic mass is 127. The normalized spacial score (nSPS) is 17.2. The van der Waals surface area contributed by atoms with Crippen LogP contribution in [-0.4, -0.2) is 20.8 Å². The first-order chi connectivity index (χ1) is 11.3. The molecule has 1 N–H and O–H groups in total. The molecule has 2 aromatic rings. The van der Waals surface area contributed by atoms with Crippen LogP contribution >= 0.6 is 22.6 Å². The smallest absolute Gasteiger partial charge is 0.353 e. The van der Waals surface area contributed by atoms with Crippen LogP contribution in [0.2, 0.25) is 0 Å². The van der Waals surface area contributed by atoms with Crippen molar-refractivity contribution < 1.29 is 9.90 Å². The molecule has 2 aromatic carbocycles. The summed E-state index contributed by atoms with van der Waals surface area (Å²) >= 11 is 2.14. The summed E-state index contributed by atoms with van der Waals surface area (Å²) in [5, 5.41) is 9.49. The van der Waals surface area contributed by atoms with E-state index in [0.717, 1.165) is 11.4 Å². The molecule has 0 radical (unpaired) electrons. The lowest BCUT2D eigenvalue weighted by Crippen LogP contribution is -2.39. The molecular formula is C19H19IN2O2. The Morgan fingerprint density at radius 3 is 2.33 bits per heavy atom. The van der Waals surface area contributed by atoms with Gasteiger partial charge >= 0.3 is 5.97 Å². The van der Waals surface area contributed by atoms with E-state index in [1.165, 1.54) is 5.56 Å². The highest BCUT2D eigenvalue weighted by molar-refractivity contribution is 14.1. The topological polar surface area (TPSA) is 52.9 Å². The zero-order valence-corrected chi connectivity index (χ0v) is 16.0. The number of carboxylic acids is 1. The SMILES string of the molecule is CC(C)(C)c1ccc(N2c3ccccc3N=C(C(=O)O)C2I)cc1. The molecule has 1 unspecified atom stereocenters. The molecule has 0 fully saturated rings. The van der Waals surface area contributed by atoms with Crippen LogP contribution in [0.3, 0.4) is 0 Å². The second kappa shape index (κ2) is 6.20. The molecule has 1 aliphatic rings. The number of alkyl halides is 1. The van der Waals surface area contributed by atoms with Crippen LogP contribution in [0, 0.1) is 0 Å². The number of anilines is 2. The van der Waals surface area contributed by atoms with Gasteiger partial charge in [-0.3, -0.25) is 0 Å². The van der Waals surface area contributed by atoms with Crippen molar-refractivity contribution in [2.75, 3.05) is 4.90 Å². The quantitative estimate of drug-likeness (QED) is 0.409. The van der Waals surface area contributed by atoms with E-state index >= 15 is 0 Å². The molecule has 0 aromatic heterocycles. The fraction of sp³-hybridized carbons (Fsp3) is 0.263. The van der Waals surface area contributed by atoms with Gasteiger partial charge in [0.05, 0.1) is 11.4 Å². The van der Waals surface area contributed by atoms with Crippen molar-refractivity contribution in [2.45, 2.75) is 30.2 Å². The van der Waals surface area contributed by atoms with Crippen molar-refractivity contribution in [3.05, 3.63) is 54.1 Å². The summed E-state index contributed by atoms with van der Waals surface area (Å²) in [6.07, 6.45) is 0. The minimum Gasteiger partial charge on any atom is -0.477 e. The van der Waals surface area contributed by atoms with Gasteiger partial charge in [-0.1, -0.05) is 67.6 Å². The number of rotatable bonds is 2. The minimum absolute atomic E-state index is 0.0791. The van der Waals surface area contributed by atoms with E-state index in [2.05, 4.69) is 60.5 Å². The molecule has 0 aliphatic carbocycles. The van der Waals surface area contributed by atoms with Crippen LogP contribution in [0.1, 0.15) is 26.3 Å². The molecule has 124 valence electrons. The zero-order valence-electron chi connectivity index (χ0n) is 13.8. The minimum atomic E-state index is -0.986. The van der Waals surface area contributed by atoms with Crippen LogP contribution < -0.4 is 4.90 Å². The van der Waals surface area contributed by atoms with Crippen molar-refractivity contribution in [1.82, 2.24) is 0 Å². The fourth-order valence-corrected chi connectivity index (χ4v) is 3.76. The molecule has 1 aliphatic heterocycles. The average Bonchev–Trinajstić information content (AvgIpc) is 2.53. The summed E-state index contributed by atoms with van der Waals surface area (Å²) in [6.45, 7) is 6.53. The highest BCUT2D eigenvalue weighted by Crippen LogP contribution is 2.41. The number of halogens is 1. The lowest BCUT2D eigenvalue weighted by molar-refractivity contribution is -0.129. The molecule has 5 heteroatoms. The van der Waals surface area contributed by atoms with Gasteiger partial charge in [0.25, 0.3) is 0 Å². The van der Waals surface area contributed by atoms with Gasteiger partial charge in [-0.15, -0.1) is 0 Å². The van der Waals surface area contributed by atoms with Crippen molar-refractivity contribution in [2.24, 2.45) is 4.99 Å². The van der Waals surface area contributed by atoms with E-state index in [0.29, 0.717) is 5.69 Å². The summed E-state index contributed by atoms with van der Waals surface area (Å²) < 4.78 is -0.365. The third kappa shape index (κ3) is 3.05. The second-order valence-electron chi connectivity index (χ2n) is 6.79. The highest BCUT2D eigenvalue weighted by Gasteiger charge is 2.33. The lowest BCUT2D eigenvalue weighted by atomic mass is 9.87. The number of nitrogens with zero attached hydrogens (tertiary/aromatic N) is 2. The van der Waals surface area contributed by atoms with Crippen LogP contribution in [0.4, 0.5) is 17.1 Å².